The third kappa shape index (κ3) is 5.90. The molecule has 35 heavy (non-hydrogen) atoms. The number of nitrogens with one attached hydrogen (secondary N) is 3. The first-order chi connectivity index (χ1) is 16.9. The SMILES string of the molecule is COc1cc(NC(=O)c2cccc(-n3cc(NC(=O)Nc4ccccc4Cl)cn3)c2)cc(OC)c1. The number of rotatable bonds is 7. The van der Waals surface area contributed by atoms with Gasteiger partial charge in [-0.05, 0) is 30.3 Å². The van der Waals surface area contributed by atoms with Gasteiger partial charge in [-0.1, -0.05) is 29.8 Å². The molecule has 10 heteroatoms. The lowest BCUT2D eigenvalue weighted by atomic mass is 10.2. The summed E-state index contributed by atoms with van der Waals surface area (Å²) in [6, 6.07) is 18.5. The molecule has 0 aliphatic carbocycles. The van der Waals surface area contributed by atoms with Crippen LogP contribution in [0.25, 0.3) is 5.69 Å². The number of halogens is 1. The van der Waals surface area contributed by atoms with Crippen molar-refractivity contribution < 1.29 is 19.1 Å². The molecule has 0 aliphatic rings. The Morgan fingerprint density at radius 2 is 1.60 bits per heavy atom. The van der Waals surface area contributed by atoms with Crippen LogP contribution in [0.1, 0.15) is 10.4 Å². The second kappa shape index (κ2) is 10.6. The summed E-state index contributed by atoms with van der Waals surface area (Å²) in [5.41, 5.74) is 2.55. The Hall–Kier alpha value is -4.50. The Balaban J connectivity index is 1.45. The highest BCUT2D eigenvalue weighted by atomic mass is 35.5. The first-order valence-electron chi connectivity index (χ1n) is 10.5. The summed E-state index contributed by atoms with van der Waals surface area (Å²) < 4.78 is 12.0. The van der Waals surface area contributed by atoms with Crippen molar-refractivity contribution in [3.63, 3.8) is 0 Å². The first-order valence-corrected chi connectivity index (χ1v) is 10.8. The predicted molar refractivity (Wildman–Crippen MR) is 135 cm³/mol. The van der Waals surface area contributed by atoms with Gasteiger partial charge in [0.2, 0.25) is 0 Å². The molecule has 4 rings (SSSR count). The van der Waals surface area contributed by atoms with Gasteiger partial charge in [-0.25, -0.2) is 9.48 Å². The van der Waals surface area contributed by atoms with E-state index in [-0.39, 0.29) is 5.91 Å². The molecular weight excluding hydrogens is 470 g/mol. The van der Waals surface area contributed by atoms with Gasteiger partial charge < -0.3 is 25.4 Å². The molecule has 1 heterocycles. The third-order valence-corrected chi connectivity index (χ3v) is 5.27. The Kier molecular flexibility index (Phi) is 7.18. The maximum absolute atomic E-state index is 12.9. The standard InChI is InChI=1S/C25H22ClN5O4/c1-34-20-11-17(12-21(13-20)35-2)28-24(32)16-6-5-7-19(10-16)31-15-18(14-27-31)29-25(33)30-23-9-4-3-8-22(23)26/h3-15H,1-2H3,(H,28,32)(H2,29,30,33). The summed E-state index contributed by atoms with van der Waals surface area (Å²) in [7, 11) is 3.08. The minimum atomic E-state index is -0.459. The number of benzene rings is 3. The van der Waals surface area contributed by atoms with Crippen LogP contribution in [0, 0.1) is 0 Å². The Morgan fingerprint density at radius 1 is 0.857 bits per heavy atom. The Labute approximate surface area is 206 Å². The molecule has 0 aliphatic heterocycles. The number of nitrogens with zero attached hydrogens (tertiary/aromatic N) is 2. The summed E-state index contributed by atoms with van der Waals surface area (Å²) in [4.78, 5) is 25.1. The van der Waals surface area contributed by atoms with Gasteiger partial charge >= 0.3 is 6.03 Å². The molecule has 0 fully saturated rings. The van der Waals surface area contributed by atoms with E-state index in [0.29, 0.717) is 44.8 Å². The number of hydrogen-bond donors (Lipinski definition) is 3. The summed E-state index contributed by atoms with van der Waals surface area (Å²) >= 11 is 6.07. The Morgan fingerprint density at radius 3 is 2.31 bits per heavy atom. The van der Waals surface area contributed by atoms with Crippen molar-refractivity contribution in [2.24, 2.45) is 0 Å². The van der Waals surface area contributed by atoms with E-state index >= 15 is 0 Å². The average Bonchev–Trinajstić information content (AvgIpc) is 3.33. The molecule has 0 saturated carbocycles. The normalized spacial score (nSPS) is 10.4. The van der Waals surface area contributed by atoms with Crippen LogP contribution in [-0.2, 0) is 0 Å². The number of methoxy groups -OCH3 is 2. The number of hydrogen-bond acceptors (Lipinski definition) is 5. The number of urea groups is 1. The molecule has 0 radical (unpaired) electrons. The highest BCUT2D eigenvalue weighted by Gasteiger charge is 2.12. The van der Waals surface area contributed by atoms with Gasteiger partial charge in [0, 0.05) is 29.4 Å². The highest BCUT2D eigenvalue weighted by Crippen LogP contribution is 2.26. The van der Waals surface area contributed by atoms with Crippen LogP contribution in [0.4, 0.5) is 21.9 Å². The van der Waals surface area contributed by atoms with Crippen molar-refractivity contribution in [3.05, 3.63) is 89.7 Å². The summed E-state index contributed by atoms with van der Waals surface area (Å²) in [5, 5.41) is 12.9. The number of carbonyl (C=O) groups is 2. The monoisotopic (exact) mass is 491 g/mol. The fraction of sp³-hybridized carbons (Fsp3) is 0.0800. The first kappa shape index (κ1) is 23.7. The molecule has 3 amide bonds. The fourth-order valence-electron chi connectivity index (χ4n) is 3.25. The quantitative estimate of drug-likeness (QED) is 0.319. The van der Waals surface area contributed by atoms with Gasteiger partial charge in [0.1, 0.15) is 11.5 Å². The Bertz CT molecular complexity index is 1350. The van der Waals surface area contributed by atoms with E-state index in [2.05, 4.69) is 21.0 Å². The molecule has 0 spiro atoms. The van der Waals surface area contributed by atoms with Gasteiger partial charge in [0.05, 0.1) is 48.7 Å². The molecule has 3 N–H and O–H groups in total. The third-order valence-electron chi connectivity index (χ3n) is 4.94. The van der Waals surface area contributed by atoms with Crippen LogP contribution >= 0.6 is 11.6 Å². The fourth-order valence-corrected chi connectivity index (χ4v) is 3.43. The van der Waals surface area contributed by atoms with Crippen LogP contribution in [0.3, 0.4) is 0 Å². The average molecular weight is 492 g/mol. The van der Waals surface area contributed by atoms with Gasteiger partial charge in [0.15, 0.2) is 0 Å². The van der Waals surface area contributed by atoms with E-state index < -0.39 is 6.03 Å². The van der Waals surface area contributed by atoms with Crippen molar-refractivity contribution in [2.75, 3.05) is 30.2 Å². The number of aromatic nitrogens is 2. The van der Waals surface area contributed by atoms with Crippen LogP contribution in [0.2, 0.25) is 5.02 Å². The number of amides is 3. The van der Waals surface area contributed by atoms with Crippen molar-refractivity contribution in [2.45, 2.75) is 0 Å². The number of carbonyl (C=O) groups excluding carboxylic acids is 2. The zero-order valence-electron chi connectivity index (χ0n) is 18.9. The molecule has 0 saturated heterocycles. The van der Waals surface area contributed by atoms with Gasteiger partial charge in [-0.15, -0.1) is 0 Å². The van der Waals surface area contributed by atoms with Crippen molar-refractivity contribution in [1.29, 1.82) is 0 Å². The van der Waals surface area contributed by atoms with E-state index in [1.807, 2.05) is 0 Å². The molecule has 0 atom stereocenters. The van der Waals surface area contributed by atoms with E-state index in [1.165, 1.54) is 20.4 Å². The lowest BCUT2D eigenvalue weighted by Crippen LogP contribution is -2.19. The molecule has 9 nitrogen and oxygen atoms in total. The van der Waals surface area contributed by atoms with Crippen LogP contribution in [0.15, 0.2) is 79.1 Å². The van der Waals surface area contributed by atoms with Crippen molar-refractivity contribution >= 4 is 40.6 Å². The molecular formula is C25H22ClN5O4. The zero-order valence-corrected chi connectivity index (χ0v) is 19.7. The molecule has 1 aromatic heterocycles. The smallest absolute Gasteiger partial charge is 0.323 e. The largest absolute Gasteiger partial charge is 0.497 e. The van der Waals surface area contributed by atoms with Gasteiger partial charge in [-0.3, -0.25) is 4.79 Å². The lowest BCUT2D eigenvalue weighted by Gasteiger charge is -2.10. The summed E-state index contributed by atoms with van der Waals surface area (Å²) in [6.07, 6.45) is 3.14. The lowest BCUT2D eigenvalue weighted by molar-refractivity contribution is 0.102. The van der Waals surface area contributed by atoms with Crippen molar-refractivity contribution in [3.8, 4) is 17.2 Å². The maximum Gasteiger partial charge on any atom is 0.323 e. The van der Waals surface area contributed by atoms with Gasteiger partial charge in [-0.2, -0.15) is 5.10 Å². The van der Waals surface area contributed by atoms with E-state index in [9.17, 15) is 9.59 Å². The van der Waals surface area contributed by atoms with Crippen LogP contribution in [0.5, 0.6) is 11.5 Å². The number of para-hydroxylation sites is 1. The predicted octanol–water partition coefficient (Wildman–Crippen LogP) is 5.44. The summed E-state index contributed by atoms with van der Waals surface area (Å²) in [5.74, 6) is 0.805. The van der Waals surface area contributed by atoms with Crippen LogP contribution < -0.4 is 25.4 Å². The molecule has 178 valence electrons. The molecule has 0 bridgehead atoms. The molecule has 3 aromatic carbocycles. The van der Waals surface area contributed by atoms with Crippen molar-refractivity contribution in [1.82, 2.24) is 9.78 Å². The minimum Gasteiger partial charge on any atom is -0.497 e. The van der Waals surface area contributed by atoms with E-state index in [0.717, 1.165) is 0 Å². The minimum absolute atomic E-state index is 0.313. The van der Waals surface area contributed by atoms with Gasteiger partial charge in [0.25, 0.3) is 5.91 Å². The second-order valence-electron chi connectivity index (χ2n) is 7.34. The number of anilines is 3. The van der Waals surface area contributed by atoms with E-state index in [4.69, 9.17) is 21.1 Å². The topological polar surface area (TPSA) is 107 Å². The maximum atomic E-state index is 12.9. The highest BCUT2D eigenvalue weighted by molar-refractivity contribution is 6.33. The van der Waals surface area contributed by atoms with E-state index in [1.54, 1.807) is 77.6 Å². The molecule has 4 aromatic rings. The molecule has 0 unspecified atom stereocenters. The second-order valence-corrected chi connectivity index (χ2v) is 7.75. The summed E-state index contributed by atoms with van der Waals surface area (Å²) in [6.45, 7) is 0. The van der Waals surface area contributed by atoms with Crippen LogP contribution in [-0.4, -0.2) is 35.9 Å². The number of ether oxygens (including phenoxy) is 2. The zero-order chi connectivity index (χ0) is 24.8.